The molecule has 156 valence electrons. The van der Waals surface area contributed by atoms with Gasteiger partial charge in [-0.1, -0.05) is 44.2 Å². The third-order valence-electron chi connectivity index (χ3n) is 4.53. The van der Waals surface area contributed by atoms with E-state index in [0.29, 0.717) is 24.7 Å². The molecule has 0 unspecified atom stereocenters. The summed E-state index contributed by atoms with van der Waals surface area (Å²) in [7, 11) is 0. The maximum atomic E-state index is 12.4. The first-order chi connectivity index (χ1) is 14.6. The molecule has 3 aromatic carbocycles. The third-order valence-corrected chi connectivity index (χ3v) is 4.53. The monoisotopic (exact) mass is 403 g/mol. The maximum absolute atomic E-state index is 12.4. The van der Waals surface area contributed by atoms with Crippen molar-refractivity contribution in [2.24, 2.45) is 5.92 Å². The summed E-state index contributed by atoms with van der Waals surface area (Å²) in [5.41, 5.74) is 2.64. The Hall–Kier alpha value is -3.27. The van der Waals surface area contributed by atoms with E-state index < -0.39 is 0 Å². The SMILES string of the molecule is CC(C)COc1ccc(C(=O)Nc2ccc(OCCCc3ccccc3)cc2)cc1. The summed E-state index contributed by atoms with van der Waals surface area (Å²) in [5, 5.41) is 2.91. The van der Waals surface area contributed by atoms with Crippen molar-refractivity contribution >= 4 is 11.6 Å². The minimum absolute atomic E-state index is 0.151. The molecule has 0 radical (unpaired) electrons. The number of carbonyl (C=O) groups is 1. The molecule has 0 heterocycles. The smallest absolute Gasteiger partial charge is 0.255 e. The summed E-state index contributed by atoms with van der Waals surface area (Å²) in [4.78, 5) is 12.4. The number of amides is 1. The maximum Gasteiger partial charge on any atom is 0.255 e. The topological polar surface area (TPSA) is 47.6 Å². The van der Waals surface area contributed by atoms with Gasteiger partial charge in [0.15, 0.2) is 0 Å². The van der Waals surface area contributed by atoms with Crippen molar-refractivity contribution in [1.29, 1.82) is 0 Å². The number of anilines is 1. The van der Waals surface area contributed by atoms with Crippen LogP contribution in [0.4, 0.5) is 5.69 Å². The first-order valence-corrected chi connectivity index (χ1v) is 10.4. The van der Waals surface area contributed by atoms with Gasteiger partial charge in [-0.05, 0) is 72.9 Å². The average Bonchev–Trinajstić information content (AvgIpc) is 2.77. The number of aryl methyl sites for hydroxylation is 1. The highest BCUT2D eigenvalue weighted by Gasteiger charge is 2.07. The Bertz CT molecular complexity index is 903. The molecule has 3 rings (SSSR count). The van der Waals surface area contributed by atoms with Gasteiger partial charge in [-0.25, -0.2) is 0 Å². The van der Waals surface area contributed by atoms with E-state index in [1.807, 2.05) is 42.5 Å². The van der Waals surface area contributed by atoms with Crippen LogP contribution in [-0.4, -0.2) is 19.1 Å². The first-order valence-electron chi connectivity index (χ1n) is 10.4. The summed E-state index contributed by atoms with van der Waals surface area (Å²) < 4.78 is 11.5. The van der Waals surface area contributed by atoms with Crippen molar-refractivity contribution in [2.45, 2.75) is 26.7 Å². The molecule has 30 heavy (non-hydrogen) atoms. The van der Waals surface area contributed by atoms with Gasteiger partial charge < -0.3 is 14.8 Å². The second-order valence-electron chi connectivity index (χ2n) is 7.65. The molecule has 1 N–H and O–H groups in total. The normalized spacial score (nSPS) is 10.6. The molecule has 1 amide bonds. The summed E-state index contributed by atoms with van der Waals surface area (Å²) in [6.07, 6.45) is 1.95. The van der Waals surface area contributed by atoms with E-state index in [2.05, 4.69) is 43.4 Å². The van der Waals surface area contributed by atoms with Crippen molar-refractivity contribution in [2.75, 3.05) is 18.5 Å². The fourth-order valence-electron chi connectivity index (χ4n) is 2.91. The molecule has 0 fully saturated rings. The zero-order valence-corrected chi connectivity index (χ0v) is 17.6. The number of nitrogens with one attached hydrogen (secondary N) is 1. The number of carbonyl (C=O) groups excluding carboxylic acids is 1. The number of rotatable bonds is 10. The summed E-state index contributed by atoms with van der Waals surface area (Å²) in [6, 6.07) is 25.0. The zero-order chi connectivity index (χ0) is 21.2. The van der Waals surface area contributed by atoms with Gasteiger partial charge in [-0.2, -0.15) is 0 Å². The second-order valence-corrected chi connectivity index (χ2v) is 7.65. The molecule has 4 heteroatoms. The molecule has 0 aliphatic carbocycles. The molecule has 0 saturated carbocycles. The second kappa shape index (κ2) is 11.1. The lowest BCUT2D eigenvalue weighted by atomic mass is 10.1. The van der Waals surface area contributed by atoms with Crippen LogP contribution in [0.5, 0.6) is 11.5 Å². The zero-order valence-electron chi connectivity index (χ0n) is 17.6. The van der Waals surface area contributed by atoms with Crippen LogP contribution in [0.1, 0.15) is 36.2 Å². The highest BCUT2D eigenvalue weighted by molar-refractivity contribution is 6.04. The van der Waals surface area contributed by atoms with E-state index in [9.17, 15) is 4.79 Å². The minimum atomic E-state index is -0.151. The Labute approximate surface area is 178 Å². The van der Waals surface area contributed by atoms with Gasteiger partial charge in [0.2, 0.25) is 0 Å². The number of hydrogen-bond acceptors (Lipinski definition) is 3. The van der Waals surface area contributed by atoms with E-state index in [4.69, 9.17) is 9.47 Å². The van der Waals surface area contributed by atoms with Gasteiger partial charge in [0.1, 0.15) is 11.5 Å². The third kappa shape index (κ3) is 6.96. The molecule has 0 aromatic heterocycles. The quantitative estimate of drug-likeness (QED) is 0.423. The summed E-state index contributed by atoms with van der Waals surface area (Å²) in [6.45, 7) is 5.52. The van der Waals surface area contributed by atoms with Crippen LogP contribution in [-0.2, 0) is 6.42 Å². The molecule has 0 bridgehead atoms. The van der Waals surface area contributed by atoms with Crippen LogP contribution in [0, 0.1) is 5.92 Å². The van der Waals surface area contributed by atoms with Crippen LogP contribution in [0.15, 0.2) is 78.9 Å². The fraction of sp³-hybridized carbons (Fsp3) is 0.269. The highest BCUT2D eigenvalue weighted by Crippen LogP contribution is 2.18. The largest absolute Gasteiger partial charge is 0.494 e. The lowest BCUT2D eigenvalue weighted by molar-refractivity contribution is 0.102. The molecule has 0 atom stereocenters. The van der Waals surface area contributed by atoms with Gasteiger partial charge in [-0.3, -0.25) is 4.79 Å². The molecule has 0 aliphatic rings. The standard InChI is InChI=1S/C26H29NO3/c1-20(2)19-30-25-14-10-22(11-15-25)26(28)27-23-12-16-24(17-13-23)29-18-6-9-21-7-4-3-5-8-21/h3-5,7-8,10-17,20H,6,9,18-19H2,1-2H3,(H,27,28). The van der Waals surface area contributed by atoms with E-state index in [1.165, 1.54) is 5.56 Å². The predicted octanol–water partition coefficient (Wildman–Crippen LogP) is 5.99. The van der Waals surface area contributed by atoms with Crippen LogP contribution < -0.4 is 14.8 Å². The van der Waals surface area contributed by atoms with Crippen LogP contribution >= 0.6 is 0 Å². The van der Waals surface area contributed by atoms with E-state index in [1.54, 1.807) is 12.1 Å². The van der Waals surface area contributed by atoms with Gasteiger partial charge in [-0.15, -0.1) is 0 Å². The Morgan fingerprint density at radius 2 is 1.47 bits per heavy atom. The van der Waals surface area contributed by atoms with Crippen molar-refractivity contribution in [3.8, 4) is 11.5 Å². The molecular formula is C26H29NO3. The molecule has 0 saturated heterocycles. The van der Waals surface area contributed by atoms with E-state index >= 15 is 0 Å². The molecule has 0 aliphatic heterocycles. The van der Waals surface area contributed by atoms with E-state index in [-0.39, 0.29) is 5.91 Å². The van der Waals surface area contributed by atoms with Crippen molar-refractivity contribution in [3.63, 3.8) is 0 Å². The Morgan fingerprint density at radius 3 is 2.13 bits per heavy atom. The van der Waals surface area contributed by atoms with Gasteiger partial charge in [0, 0.05) is 11.3 Å². The van der Waals surface area contributed by atoms with Crippen LogP contribution in [0.2, 0.25) is 0 Å². The number of hydrogen-bond donors (Lipinski definition) is 1. The van der Waals surface area contributed by atoms with Crippen molar-refractivity contribution in [3.05, 3.63) is 90.0 Å². The van der Waals surface area contributed by atoms with Crippen molar-refractivity contribution < 1.29 is 14.3 Å². The highest BCUT2D eigenvalue weighted by atomic mass is 16.5. The van der Waals surface area contributed by atoms with E-state index in [0.717, 1.165) is 30.0 Å². The molecule has 0 spiro atoms. The Balaban J connectivity index is 1.43. The predicted molar refractivity (Wildman–Crippen MR) is 121 cm³/mol. The lowest BCUT2D eigenvalue weighted by Crippen LogP contribution is -2.12. The summed E-state index contributed by atoms with van der Waals surface area (Å²) in [5.74, 6) is 1.88. The summed E-state index contributed by atoms with van der Waals surface area (Å²) >= 11 is 0. The van der Waals surface area contributed by atoms with Gasteiger partial charge in [0.05, 0.1) is 13.2 Å². The van der Waals surface area contributed by atoms with Gasteiger partial charge >= 0.3 is 0 Å². The molecule has 4 nitrogen and oxygen atoms in total. The molecule has 3 aromatic rings. The Kier molecular flexibility index (Phi) is 7.90. The minimum Gasteiger partial charge on any atom is -0.494 e. The Morgan fingerprint density at radius 1 is 0.833 bits per heavy atom. The number of benzene rings is 3. The van der Waals surface area contributed by atoms with Crippen molar-refractivity contribution in [1.82, 2.24) is 0 Å². The number of ether oxygens (including phenoxy) is 2. The first kappa shape index (κ1) is 21.4. The van der Waals surface area contributed by atoms with Crippen LogP contribution in [0.3, 0.4) is 0 Å². The molecular weight excluding hydrogens is 374 g/mol. The average molecular weight is 404 g/mol. The lowest BCUT2D eigenvalue weighted by Gasteiger charge is -2.10. The van der Waals surface area contributed by atoms with Gasteiger partial charge in [0.25, 0.3) is 5.91 Å². The van der Waals surface area contributed by atoms with Crippen LogP contribution in [0.25, 0.3) is 0 Å². The fourth-order valence-corrected chi connectivity index (χ4v) is 2.91.